The van der Waals surface area contributed by atoms with Crippen molar-refractivity contribution in [2.24, 2.45) is 0 Å². The zero-order valence-corrected chi connectivity index (χ0v) is 13.7. The summed E-state index contributed by atoms with van der Waals surface area (Å²) in [5, 5.41) is 10.9. The van der Waals surface area contributed by atoms with Gasteiger partial charge in [0.25, 0.3) is 0 Å². The summed E-state index contributed by atoms with van der Waals surface area (Å²) >= 11 is 6.20. The van der Waals surface area contributed by atoms with Gasteiger partial charge in [0.15, 0.2) is 0 Å². The molecule has 2 aromatic carbocycles. The number of fused-ring (bicyclic) bond motifs is 1. The lowest BCUT2D eigenvalue weighted by Crippen LogP contribution is -2.37. The minimum absolute atomic E-state index is 0.219. The maximum absolute atomic E-state index is 9.78. The van der Waals surface area contributed by atoms with E-state index in [1.165, 1.54) is 0 Å². The number of aromatic hydroxyl groups is 1. The van der Waals surface area contributed by atoms with Gasteiger partial charge in [0, 0.05) is 24.0 Å². The van der Waals surface area contributed by atoms with Crippen LogP contribution in [0.5, 0.6) is 5.75 Å². The number of halogens is 1. The van der Waals surface area contributed by atoms with Crippen LogP contribution in [-0.4, -0.2) is 41.4 Å². The van der Waals surface area contributed by atoms with Gasteiger partial charge in [-0.3, -0.25) is 0 Å². The van der Waals surface area contributed by atoms with Crippen molar-refractivity contribution in [3.8, 4) is 16.9 Å². The monoisotopic (exact) mass is 341 g/mol. The summed E-state index contributed by atoms with van der Waals surface area (Å²) in [7, 11) is 0. The quantitative estimate of drug-likeness (QED) is 0.723. The van der Waals surface area contributed by atoms with Crippen LogP contribution in [0.3, 0.4) is 0 Å². The van der Waals surface area contributed by atoms with E-state index in [9.17, 15) is 5.11 Å². The zero-order valence-electron chi connectivity index (χ0n) is 12.9. The third-order valence-corrected chi connectivity index (χ3v) is 4.32. The second kappa shape index (κ2) is 6.26. The summed E-state index contributed by atoms with van der Waals surface area (Å²) < 4.78 is 5.42. The molecule has 3 aromatic rings. The van der Waals surface area contributed by atoms with E-state index in [1.54, 1.807) is 12.1 Å². The van der Waals surface area contributed by atoms with Crippen molar-refractivity contribution >= 4 is 28.3 Å². The maximum Gasteiger partial charge on any atom is 0.224 e. The van der Waals surface area contributed by atoms with Gasteiger partial charge in [-0.05, 0) is 35.4 Å². The molecule has 6 heteroatoms. The first-order chi connectivity index (χ1) is 11.7. The molecule has 0 spiro atoms. The number of para-hydroxylation sites is 1. The number of morpholine rings is 1. The molecule has 1 saturated heterocycles. The van der Waals surface area contributed by atoms with Gasteiger partial charge in [-0.2, -0.15) is 4.98 Å². The highest BCUT2D eigenvalue weighted by Gasteiger charge is 2.18. The largest absolute Gasteiger partial charge is 0.508 e. The van der Waals surface area contributed by atoms with E-state index < -0.39 is 0 Å². The third-order valence-electron chi connectivity index (χ3n) is 4.15. The summed E-state index contributed by atoms with van der Waals surface area (Å²) in [5.41, 5.74) is 2.59. The Hall–Kier alpha value is -2.37. The van der Waals surface area contributed by atoms with E-state index in [2.05, 4.69) is 14.9 Å². The predicted molar refractivity (Wildman–Crippen MR) is 94.7 cm³/mol. The number of anilines is 1. The molecule has 5 nitrogen and oxygen atoms in total. The van der Waals surface area contributed by atoms with Gasteiger partial charge in [-0.1, -0.05) is 24.3 Å². The molecule has 4 rings (SSSR count). The predicted octanol–water partition coefficient (Wildman–Crippen LogP) is 3.49. The minimum atomic E-state index is 0.219. The van der Waals surface area contributed by atoms with Gasteiger partial charge in [-0.15, -0.1) is 0 Å². The number of phenols is 1. The average molecular weight is 342 g/mol. The Labute approximate surface area is 144 Å². The molecule has 0 unspecified atom stereocenters. The number of aromatic nitrogens is 2. The van der Waals surface area contributed by atoms with Crippen molar-refractivity contribution in [1.82, 2.24) is 9.97 Å². The first kappa shape index (κ1) is 15.2. The molecular weight excluding hydrogens is 326 g/mol. The van der Waals surface area contributed by atoms with E-state index in [0.29, 0.717) is 13.2 Å². The smallest absolute Gasteiger partial charge is 0.224 e. The molecular formula is C18H16ClN3O2. The van der Waals surface area contributed by atoms with Crippen LogP contribution >= 0.6 is 11.6 Å². The number of hydrogen-bond donors (Lipinski definition) is 1. The molecule has 1 aromatic heterocycles. The van der Waals surface area contributed by atoms with Gasteiger partial charge >= 0.3 is 0 Å². The van der Waals surface area contributed by atoms with Gasteiger partial charge in [0.05, 0.1) is 18.7 Å². The van der Waals surface area contributed by atoms with Crippen LogP contribution < -0.4 is 4.90 Å². The number of nitrogens with zero attached hydrogens (tertiary/aromatic N) is 3. The van der Waals surface area contributed by atoms with Crippen LogP contribution in [0.1, 0.15) is 0 Å². The topological polar surface area (TPSA) is 58.5 Å². The van der Waals surface area contributed by atoms with Crippen molar-refractivity contribution in [2.45, 2.75) is 0 Å². The second-order valence-corrected chi connectivity index (χ2v) is 6.01. The number of phenolic OH excluding ortho intramolecular Hbond substituents is 1. The maximum atomic E-state index is 9.78. The van der Waals surface area contributed by atoms with E-state index >= 15 is 0 Å². The van der Waals surface area contributed by atoms with E-state index in [1.807, 2.05) is 30.3 Å². The number of ether oxygens (including phenoxy) is 1. The van der Waals surface area contributed by atoms with E-state index in [4.69, 9.17) is 16.3 Å². The van der Waals surface area contributed by atoms with Crippen LogP contribution in [0.25, 0.3) is 22.0 Å². The summed E-state index contributed by atoms with van der Waals surface area (Å²) in [4.78, 5) is 11.1. The highest BCUT2D eigenvalue weighted by atomic mass is 35.5. The second-order valence-electron chi connectivity index (χ2n) is 5.67. The Balaban J connectivity index is 1.92. The normalized spacial score (nSPS) is 15.0. The lowest BCUT2D eigenvalue weighted by atomic mass is 10.0. The lowest BCUT2D eigenvalue weighted by Gasteiger charge is -2.28. The molecule has 0 atom stereocenters. The molecule has 1 N–H and O–H groups in total. The fraction of sp³-hybridized carbons (Fsp3) is 0.222. The van der Waals surface area contributed by atoms with Crippen LogP contribution in [0.2, 0.25) is 5.28 Å². The van der Waals surface area contributed by atoms with Gasteiger partial charge < -0.3 is 14.7 Å². The molecule has 2 heterocycles. The molecule has 0 saturated carbocycles. The van der Waals surface area contributed by atoms with Crippen molar-refractivity contribution in [2.75, 3.05) is 31.2 Å². The Bertz CT molecular complexity index is 895. The highest BCUT2D eigenvalue weighted by molar-refractivity contribution is 6.29. The average Bonchev–Trinajstić information content (AvgIpc) is 2.61. The molecule has 0 aliphatic carbocycles. The Kier molecular flexibility index (Phi) is 3.96. The van der Waals surface area contributed by atoms with Gasteiger partial charge in [-0.25, -0.2) is 4.98 Å². The Morgan fingerprint density at radius 2 is 1.83 bits per heavy atom. The minimum Gasteiger partial charge on any atom is -0.508 e. The molecule has 24 heavy (non-hydrogen) atoms. The SMILES string of the molecule is Oc1cccc(-c2cccc3c(N4CCOCC4)nc(Cl)nc23)c1. The zero-order chi connectivity index (χ0) is 16.5. The summed E-state index contributed by atoms with van der Waals surface area (Å²) in [6.07, 6.45) is 0. The standard InChI is InChI=1S/C18H16ClN3O2/c19-18-20-16-14(12-3-1-4-13(23)11-12)5-2-6-15(16)17(21-18)22-7-9-24-10-8-22/h1-6,11,23H,7-10H2. The summed E-state index contributed by atoms with van der Waals surface area (Å²) in [5.74, 6) is 1.05. The first-order valence-corrected chi connectivity index (χ1v) is 8.18. The fourth-order valence-corrected chi connectivity index (χ4v) is 3.20. The molecule has 1 fully saturated rings. The van der Waals surface area contributed by atoms with Crippen molar-refractivity contribution in [3.63, 3.8) is 0 Å². The third kappa shape index (κ3) is 2.77. The number of benzene rings is 2. The Morgan fingerprint density at radius 1 is 1.04 bits per heavy atom. The number of rotatable bonds is 2. The fourth-order valence-electron chi connectivity index (χ4n) is 3.03. The van der Waals surface area contributed by atoms with Crippen LogP contribution in [0, 0.1) is 0 Å². The van der Waals surface area contributed by atoms with Crippen LogP contribution in [0.15, 0.2) is 42.5 Å². The van der Waals surface area contributed by atoms with Crippen LogP contribution in [-0.2, 0) is 4.74 Å². The summed E-state index contributed by atoms with van der Waals surface area (Å²) in [6.45, 7) is 2.91. The Morgan fingerprint density at radius 3 is 2.62 bits per heavy atom. The summed E-state index contributed by atoms with van der Waals surface area (Å²) in [6, 6.07) is 13.1. The lowest BCUT2D eigenvalue weighted by molar-refractivity contribution is 0.122. The van der Waals surface area contributed by atoms with Gasteiger partial charge in [0.1, 0.15) is 11.6 Å². The molecule has 0 bridgehead atoms. The highest BCUT2D eigenvalue weighted by Crippen LogP contribution is 2.34. The molecule has 1 aliphatic rings. The van der Waals surface area contributed by atoms with Crippen molar-refractivity contribution in [1.29, 1.82) is 0 Å². The van der Waals surface area contributed by atoms with Gasteiger partial charge in [0.2, 0.25) is 5.28 Å². The molecule has 122 valence electrons. The first-order valence-electron chi connectivity index (χ1n) is 7.81. The molecule has 0 radical (unpaired) electrons. The molecule has 0 amide bonds. The molecule has 1 aliphatic heterocycles. The van der Waals surface area contributed by atoms with E-state index in [-0.39, 0.29) is 11.0 Å². The number of hydrogen-bond acceptors (Lipinski definition) is 5. The van der Waals surface area contributed by atoms with E-state index in [0.717, 1.165) is 40.9 Å². The van der Waals surface area contributed by atoms with Crippen LogP contribution in [0.4, 0.5) is 5.82 Å². The van der Waals surface area contributed by atoms with Crippen molar-refractivity contribution < 1.29 is 9.84 Å². The van der Waals surface area contributed by atoms with Crippen molar-refractivity contribution in [3.05, 3.63) is 47.7 Å².